The van der Waals surface area contributed by atoms with E-state index >= 15 is 0 Å². The summed E-state index contributed by atoms with van der Waals surface area (Å²) in [5.74, 6) is 1.73. The molecule has 0 aliphatic rings. The van der Waals surface area contributed by atoms with Crippen molar-refractivity contribution in [2.24, 2.45) is 0 Å². The maximum Gasteiger partial charge on any atom is 0.121 e. The normalized spacial score (nSPS) is 10.5. The molecule has 0 amide bonds. The monoisotopic (exact) mass is 377 g/mol. The van der Waals surface area contributed by atoms with Gasteiger partial charge in [-0.05, 0) is 35.4 Å². The van der Waals surface area contributed by atoms with Gasteiger partial charge in [0.2, 0.25) is 0 Å². The number of nitrogens with one attached hydrogen (secondary N) is 1. The zero-order chi connectivity index (χ0) is 19.4. The number of hydrogen-bond donors (Lipinski definition) is 1. The minimum absolute atomic E-state index is 0.561. The van der Waals surface area contributed by atoms with E-state index in [0.29, 0.717) is 19.8 Å². The highest BCUT2D eigenvalue weighted by Gasteiger charge is 2.00. The van der Waals surface area contributed by atoms with E-state index < -0.39 is 0 Å². The average Bonchev–Trinajstić information content (AvgIpc) is 2.74. The quantitative estimate of drug-likeness (QED) is 0.480. The van der Waals surface area contributed by atoms with Gasteiger partial charge in [0, 0.05) is 31.8 Å². The predicted octanol–water partition coefficient (Wildman–Crippen LogP) is 4.95. The van der Waals surface area contributed by atoms with E-state index in [0.717, 1.165) is 30.2 Å². The molecule has 0 aromatic heterocycles. The van der Waals surface area contributed by atoms with E-state index in [2.05, 4.69) is 41.7 Å². The van der Waals surface area contributed by atoms with Crippen LogP contribution in [0.3, 0.4) is 0 Å². The topological polar surface area (TPSA) is 39.7 Å². The van der Waals surface area contributed by atoms with Crippen molar-refractivity contribution in [1.29, 1.82) is 0 Å². The summed E-state index contributed by atoms with van der Waals surface area (Å²) in [6.45, 7) is 2.56. The Morgan fingerprint density at radius 3 is 2.25 bits per heavy atom. The van der Waals surface area contributed by atoms with Gasteiger partial charge >= 0.3 is 0 Å². The standard InChI is InChI=1S/C24H27NO3/c1-26-16-17-28-23-12-10-21(11-13-23)19-25-22-8-5-9-24(18-22)27-15-14-20-6-3-2-4-7-20/h2-13,18,25H,14-17,19H2,1H3. The third-order valence-electron chi connectivity index (χ3n) is 4.31. The predicted molar refractivity (Wildman–Crippen MR) is 113 cm³/mol. The number of methoxy groups -OCH3 is 1. The number of hydrogen-bond acceptors (Lipinski definition) is 4. The minimum atomic E-state index is 0.561. The van der Waals surface area contributed by atoms with Crippen molar-refractivity contribution >= 4 is 5.69 Å². The van der Waals surface area contributed by atoms with Gasteiger partial charge in [-0.3, -0.25) is 0 Å². The van der Waals surface area contributed by atoms with E-state index in [9.17, 15) is 0 Å². The summed E-state index contributed by atoms with van der Waals surface area (Å²) in [4.78, 5) is 0. The van der Waals surface area contributed by atoms with Crippen LogP contribution in [0.5, 0.6) is 11.5 Å². The average molecular weight is 377 g/mol. The lowest BCUT2D eigenvalue weighted by molar-refractivity contribution is 0.146. The lowest BCUT2D eigenvalue weighted by Crippen LogP contribution is -2.04. The van der Waals surface area contributed by atoms with Crippen LogP contribution in [0.15, 0.2) is 78.9 Å². The molecule has 4 nitrogen and oxygen atoms in total. The molecule has 0 atom stereocenters. The van der Waals surface area contributed by atoms with E-state index in [4.69, 9.17) is 14.2 Å². The number of benzene rings is 3. The van der Waals surface area contributed by atoms with Crippen LogP contribution in [0.25, 0.3) is 0 Å². The lowest BCUT2D eigenvalue weighted by atomic mass is 10.2. The Morgan fingerprint density at radius 2 is 1.46 bits per heavy atom. The van der Waals surface area contributed by atoms with Crippen LogP contribution in [0.1, 0.15) is 11.1 Å². The highest BCUT2D eigenvalue weighted by atomic mass is 16.5. The second-order valence-electron chi connectivity index (χ2n) is 6.45. The minimum Gasteiger partial charge on any atom is -0.493 e. The molecule has 146 valence electrons. The van der Waals surface area contributed by atoms with Crippen molar-refractivity contribution in [3.8, 4) is 11.5 Å². The lowest BCUT2D eigenvalue weighted by Gasteiger charge is -2.11. The fourth-order valence-corrected chi connectivity index (χ4v) is 2.78. The maximum atomic E-state index is 5.90. The number of ether oxygens (including phenoxy) is 3. The van der Waals surface area contributed by atoms with Gasteiger partial charge in [-0.2, -0.15) is 0 Å². The molecule has 1 N–H and O–H groups in total. The highest BCUT2D eigenvalue weighted by Crippen LogP contribution is 2.19. The van der Waals surface area contributed by atoms with Gasteiger partial charge in [-0.15, -0.1) is 0 Å². The highest BCUT2D eigenvalue weighted by molar-refractivity contribution is 5.48. The Kier molecular flexibility index (Phi) is 7.77. The third kappa shape index (κ3) is 6.63. The smallest absolute Gasteiger partial charge is 0.121 e. The van der Waals surface area contributed by atoms with Gasteiger partial charge in [0.25, 0.3) is 0 Å². The fraction of sp³-hybridized carbons (Fsp3) is 0.250. The molecule has 0 saturated carbocycles. The second-order valence-corrected chi connectivity index (χ2v) is 6.45. The van der Waals surface area contributed by atoms with Crippen LogP contribution < -0.4 is 14.8 Å². The van der Waals surface area contributed by atoms with Crippen molar-refractivity contribution < 1.29 is 14.2 Å². The van der Waals surface area contributed by atoms with Gasteiger partial charge in [0.05, 0.1) is 13.2 Å². The summed E-state index contributed by atoms with van der Waals surface area (Å²) in [6, 6.07) is 26.5. The first-order valence-electron chi connectivity index (χ1n) is 9.55. The molecular formula is C24H27NO3. The zero-order valence-electron chi connectivity index (χ0n) is 16.3. The molecule has 3 aromatic carbocycles. The summed E-state index contributed by atoms with van der Waals surface area (Å²) in [5.41, 5.74) is 3.51. The summed E-state index contributed by atoms with van der Waals surface area (Å²) in [5, 5.41) is 3.44. The number of rotatable bonds is 11. The first-order chi connectivity index (χ1) is 13.8. The van der Waals surface area contributed by atoms with Crippen molar-refractivity contribution in [2.75, 3.05) is 32.2 Å². The van der Waals surface area contributed by atoms with Crippen molar-refractivity contribution in [2.45, 2.75) is 13.0 Å². The molecule has 0 unspecified atom stereocenters. The van der Waals surface area contributed by atoms with Gasteiger partial charge < -0.3 is 19.5 Å². The van der Waals surface area contributed by atoms with Crippen LogP contribution in [-0.4, -0.2) is 26.9 Å². The van der Waals surface area contributed by atoms with Crippen molar-refractivity contribution in [3.05, 3.63) is 90.0 Å². The Morgan fingerprint density at radius 1 is 0.679 bits per heavy atom. The largest absolute Gasteiger partial charge is 0.493 e. The molecule has 0 aliphatic carbocycles. The number of anilines is 1. The van der Waals surface area contributed by atoms with Crippen LogP contribution in [0.2, 0.25) is 0 Å². The zero-order valence-corrected chi connectivity index (χ0v) is 16.3. The van der Waals surface area contributed by atoms with E-state index in [1.807, 2.05) is 42.5 Å². The Hall–Kier alpha value is -2.98. The van der Waals surface area contributed by atoms with Crippen LogP contribution in [0.4, 0.5) is 5.69 Å². The molecule has 3 rings (SSSR count). The molecule has 0 radical (unpaired) electrons. The summed E-state index contributed by atoms with van der Waals surface area (Å²) < 4.78 is 16.5. The SMILES string of the molecule is COCCOc1ccc(CNc2cccc(OCCc3ccccc3)c2)cc1. The van der Waals surface area contributed by atoms with Crippen LogP contribution >= 0.6 is 0 Å². The van der Waals surface area contributed by atoms with E-state index in [1.165, 1.54) is 11.1 Å². The molecule has 0 aliphatic heterocycles. The van der Waals surface area contributed by atoms with Crippen LogP contribution in [0, 0.1) is 0 Å². The van der Waals surface area contributed by atoms with Crippen molar-refractivity contribution in [3.63, 3.8) is 0 Å². The molecule has 4 heteroatoms. The van der Waals surface area contributed by atoms with Crippen LogP contribution in [-0.2, 0) is 17.7 Å². The summed E-state index contributed by atoms with van der Waals surface area (Å²) >= 11 is 0. The molecule has 0 bridgehead atoms. The molecule has 0 saturated heterocycles. The maximum absolute atomic E-state index is 5.90. The fourth-order valence-electron chi connectivity index (χ4n) is 2.78. The summed E-state index contributed by atoms with van der Waals surface area (Å²) in [6.07, 6.45) is 0.900. The molecule has 0 heterocycles. The first-order valence-corrected chi connectivity index (χ1v) is 9.55. The Balaban J connectivity index is 1.45. The third-order valence-corrected chi connectivity index (χ3v) is 4.31. The van der Waals surface area contributed by atoms with Gasteiger partial charge in [0.15, 0.2) is 0 Å². The molecule has 0 fully saturated rings. The molecular weight excluding hydrogens is 350 g/mol. The molecule has 0 spiro atoms. The summed E-state index contributed by atoms with van der Waals surface area (Å²) in [7, 11) is 1.67. The van der Waals surface area contributed by atoms with E-state index in [1.54, 1.807) is 7.11 Å². The molecule has 3 aromatic rings. The van der Waals surface area contributed by atoms with Crippen molar-refractivity contribution in [1.82, 2.24) is 0 Å². The van der Waals surface area contributed by atoms with E-state index in [-0.39, 0.29) is 0 Å². The molecule has 28 heavy (non-hydrogen) atoms. The first kappa shape index (κ1) is 19.8. The van der Waals surface area contributed by atoms with Gasteiger partial charge in [0.1, 0.15) is 18.1 Å². The Labute approximate surface area is 167 Å². The second kappa shape index (κ2) is 11.0. The van der Waals surface area contributed by atoms with Gasteiger partial charge in [-0.25, -0.2) is 0 Å². The van der Waals surface area contributed by atoms with Gasteiger partial charge in [-0.1, -0.05) is 48.5 Å². The Bertz CT molecular complexity index is 819.